The van der Waals surface area contributed by atoms with E-state index in [1.165, 1.54) is 19.3 Å². The van der Waals surface area contributed by atoms with Crippen molar-refractivity contribution in [3.8, 4) is 22.6 Å². The molecule has 0 unspecified atom stereocenters. The van der Waals surface area contributed by atoms with Crippen LogP contribution in [0.3, 0.4) is 0 Å². The van der Waals surface area contributed by atoms with Crippen molar-refractivity contribution < 1.29 is 14.3 Å². The van der Waals surface area contributed by atoms with Crippen molar-refractivity contribution in [1.82, 2.24) is 4.90 Å². The van der Waals surface area contributed by atoms with Crippen molar-refractivity contribution in [1.29, 1.82) is 0 Å². The third kappa shape index (κ3) is 5.78. The highest BCUT2D eigenvalue weighted by atomic mass is 16.5. The minimum Gasteiger partial charge on any atom is -0.493 e. The van der Waals surface area contributed by atoms with Gasteiger partial charge in [-0.2, -0.15) is 0 Å². The molecule has 1 amide bonds. The average molecular weight is 459 g/mol. The Balaban J connectivity index is 1.39. The van der Waals surface area contributed by atoms with E-state index in [-0.39, 0.29) is 5.91 Å². The molecule has 4 rings (SSSR count). The Morgan fingerprint density at radius 2 is 1.59 bits per heavy atom. The molecule has 1 heterocycles. The van der Waals surface area contributed by atoms with Crippen LogP contribution in [-0.4, -0.2) is 43.2 Å². The van der Waals surface area contributed by atoms with Crippen LogP contribution >= 0.6 is 0 Å². The summed E-state index contributed by atoms with van der Waals surface area (Å²) in [6, 6.07) is 24.4. The van der Waals surface area contributed by atoms with Crippen LogP contribution in [0.25, 0.3) is 11.1 Å². The summed E-state index contributed by atoms with van der Waals surface area (Å²) in [5.41, 5.74) is 3.48. The van der Waals surface area contributed by atoms with Crippen molar-refractivity contribution >= 4 is 11.6 Å². The molecule has 2 atom stereocenters. The number of piperidine rings is 1. The largest absolute Gasteiger partial charge is 0.493 e. The quantitative estimate of drug-likeness (QED) is 0.433. The lowest BCUT2D eigenvalue weighted by molar-refractivity contribution is 0.0846. The molecule has 3 aromatic rings. The molecule has 1 aliphatic rings. The van der Waals surface area contributed by atoms with Crippen molar-refractivity contribution in [2.45, 2.75) is 45.2 Å². The van der Waals surface area contributed by atoms with Crippen molar-refractivity contribution in [3.05, 3.63) is 78.4 Å². The van der Waals surface area contributed by atoms with Gasteiger partial charge < -0.3 is 14.8 Å². The third-order valence-electron chi connectivity index (χ3n) is 6.66. The SMILES string of the molecule is COc1ccc(NC(=O)c2ccc(-c3ccccc3)cc2)cc1OCCN1[C@H](C)CCC[C@@H]1C. The molecular formula is C29H34N2O3. The van der Waals surface area contributed by atoms with Gasteiger partial charge in [-0.25, -0.2) is 0 Å². The Hall–Kier alpha value is -3.31. The number of anilines is 1. The highest BCUT2D eigenvalue weighted by molar-refractivity contribution is 6.04. The van der Waals surface area contributed by atoms with E-state index in [0.29, 0.717) is 41.4 Å². The van der Waals surface area contributed by atoms with E-state index in [1.807, 2.05) is 60.7 Å². The van der Waals surface area contributed by atoms with Crippen LogP contribution < -0.4 is 14.8 Å². The average Bonchev–Trinajstić information content (AvgIpc) is 2.86. The molecular weight excluding hydrogens is 424 g/mol. The summed E-state index contributed by atoms with van der Waals surface area (Å²) in [4.78, 5) is 15.3. The van der Waals surface area contributed by atoms with Crippen LogP contribution in [0.2, 0.25) is 0 Å². The van der Waals surface area contributed by atoms with E-state index in [0.717, 1.165) is 17.7 Å². The number of hydrogen-bond donors (Lipinski definition) is 1. The van der Waals surface area contributed by atoms with E-state index in [4.69, 9.17) is 9.47 Å². The van der Waals surface area contributed by atoms with Gasteiger partial charge in [-0.3, -0.25) is 9.69 Å². The summed E-state index contributed by atoms with van der Waals surface area (Å²) in [5, 5.41) is 2.98. The molecule has 1 saturated heterocycles. The van der Waals surface area contributed by atoms with E-state index in [1.54, 1.807) is 7.11 Å². The van der Waals surface area contributed by atoms with Crippen molar-refractivity contribution in [2.75, 3.05) is 25.6 Å². The number of nitrogens with zero attached hydrogens (tertiary/aromatic N) is 1. The zero-order chi connectivity index (χ0) is 23.9. The Kier molecular flexibility index (Phi) is 7.86. The molecule has 0 spiro atoms. The molecule has 1 N–H and O–H groups in total. The van der Waals surface area contributed by atoms with Crippen LogP contribution in [0, 0.1) is 0 Å². The zero-order valence-electron chi connectivity index (χ0n) is 20.3. The normalized spacial score (nSPS) is 18.3. The number of ether oxygens (including phenoxy) is 2. The monoisotopic (exact) mass is 458 g/mol. The first-order valence-electron chi connectivity index (χ1n) is 12.1. The first-order valence-corrected chi connectivity index (χ1v) is 12.1. The van der Waals surface area contributed by atoms with Gasteiger partial charge in [-0.15, -0.1) is 0 Å². The van der Waals surface area contributed by atoms with Gasteiger partial charge in [0.05, 0.1) is 7.11 Å². The Labute approximate surface area is 202 Å². The van der Waals surface area contributed by atoms with Crippen molar-refractivity contribution in [2.24, 2.45) is 0 Å². The minimum atomic E-state index is -0.160. The Morgan fingerprint density at radius 1 is 0.912 bits per heavy atom. The first kappa shape index (κ1) is 23.8. The summed E-state index contributed by atoms with van der Waals surface area (Å²) in [7, 11) is 1.63. The van der Waals surface area contributed by atoms with Crippen LogP contribution in [0.15, 0.2) is 72.8 Å². The summed E-state index contributed by atoms with van der Waals surface area (Å²) in [5.74, 6) is 1.13. The van der Waals surface area contributed by atoms with Crippen LogP contribution in [-0.2, 0) is 0 Å². The van der Waals surface area contributed by atoms with Crippen LogP contribution in [0.1, 0.15) is 43.5 Å². The molecule has 0 saturated carbocycles. The van der Waals surface area contributed by atoms with E-state index >= 15 is 0 Å². The summed E-state index contributed by atoms with van der Waals surface area (Å²) in [6.07, 6.45) is 3.77. The predicted molar refractivity (Wildman–Crippen MR) is 138 cm³/mol. The lowest BCUT2D eigenvalue weighted by atomic mass is 9.98. The lowest BCUT2D eigenvalue weighted by Gasteiger charge is -2.38. The maximum Gasteiger partial charge on any atom is 0.255 e. The lowest BCUT2D eigenvalue weighted by Crippen LogP contribution is -2.45. The number of methoxy groups -OCH3 is 1. The molecule has 3 aromatic carbocycles. The number of hydrogen-bond acceptors (Lipinski definition) is 4. The number of carbonyl (C=O) groups excluding carboxylic acids is 1. The fourth-order valence-electron chi connectivity index (χ4n) is 4.69. The molecule has 0 radical (unpaired) electrons. The maximum atomic E-state index is 12.8. The molecule has 1 aliphatic heterocycles. The fraction of sp³-hybridized carbons (Fsp3) is 0.345. The second-order valence-electron chi connectivity index (χ2n) is 8.98. The Morgan fingerprint density at radius 3 is 2.26 bits per heavy atom. The molecule has 0 aromatic heterocycles. The molecule has 1 fully saturated rings. The molecule has 0 aliphatic carbocycles. The summed E-state index contributed by atoms with van der Waals surface area (Å²) < 4.78 is 11.6. The molecule has 178 valence electrons. The zero-order valence-corrected chi connectivity index (χ0v) is 20.3. The first-order chi connectivity index (χ1) is 16.5. The second kappa shape index (κ2) is 11.2. The van der Waals surface area contributed by atoms with Gasteiger partial charge >= 0.3 is 0 Å². The van der Waals surface area contributed by atoms with E-state index < -0.39 is 0 Å². The van der Waals surface area contributed by atoms with Gasteiger partial charge in [0.25, 0.3) is 5.91 Å². The molecule has 0 bridgehead atoms. The molecule has 5 nitrogen and oxygen atoms in total. The topological polar surface area (TPSA) is 50.8 Å². The van der Waals surface area contributed by atoms with Crippen LogP contribution in [0.5, 0.6) is 11.5 Å². The van der Waals surface area contributed by atoms with Gasteiger partial charge in [-0.1, -0.05) is 48.9 Å². The second-order valence-corrected chi connectivity index (χ2v) is 8.98. The van der Waals surface area contributed by atoms with Crippen molar-refractivity contribution in [3.63, 3.8) is 0 Å². The van der Waals surface area contributed by atoms with Gasteiger partial charge in [0.2, 0.25) is 0 Å². The number of amides is 1. The van der Waals surface area contributed by atoms with Gasteiger partial charge in [0, 0.05) is 35.9 Å². The van der Waals surface area contributed by atoms with E-state index in [2.05, 4.69) is 36.2 Å². The van der Waals surface area contributed by atoms with Gasteiger partial charge in [-0.05, 0) is 62.1 Å². The number of benzene rings is 3. The number of rotatable bonds is 8. The smallest absolute Gasteiger partial charge is 0.255 e. The van der Waals surface area contributed by atoms with E-state index in [9.17, 15) is 4.79 Å². The number of carbonyl (C=O) groups is 1. The summed E-state index contributed by atoms with van der Waals surface area (Å²) in [6.45, 7) is 6.02. The number of likely N-dealkylation sites (tertiary alicyclic amines) is 1. The summed E-state index contributed by atoms with van der Waals surface area (Å²) >= 11 is 0. The molecule has 5 heteroatoms. The number of nitrogens with one attached hydrogen (secondary N) is 1. The van der Waals surface area contributed by atoms with Gasteiger partial charge in [0.1, 0.15) is 6.61 Å². The Bertz CT molecular complexity index is 1070. The highest BCUT2D eigenvalue weighted by Gasteiger charge is 2.24. The highest BCUT2D eigenvalue weighted by Crippen LogP contribution is 2.31. The minimum absolute atomic E-state index is 0.160. The molecule has 34 heavy (non-hydrogen) atoms. The maximum absolute atomic E-state index is 12.8. The third-order valence-corrected chi connectivity index (χ3v) is 6.66. The standard InChI is InChI=1S/C29H34N2O3/c1-21-8-7-9-22(2)31(21)18-19-34-28-20-26(16-17-27(28)33-3)30-29(32)25-14-12-24(13-15-25)23-10-5-4-6-11-23/h4-6,10-17,20-22H,7-9,18-19H2,1-3H3,(H,30,32)/t21-,22+. The van der Waals surface area contributed by atoms with Gasteiger partial charge in [0.15, 0.2) is 11.5 Å². The fourth-order valence-corrected chi connectivity index (χ4v) is 4.69. The van der Waals surface area contributed by atoms with Crippen LogP contribution in [0.4, 0.5) is 5.69 Å². The predicted octanol–water partition coefficient (Wildman–Crippen LogP) is 6.26.